The highest BCUT2D eigenvalue weighted by molar-refractivity contribution is 6.32. The number of amides is 1. The second-order valence-electron chi connectivity index (χ2n) is 7.70. The number of aromatic nitrogens is 3. The molecule has 2 aromatic carbocycles. The predicted molar refractivity (Wildman–Crippen MR) is 130 cm³/mol. The summed E-state index contributed by atoms with van der Waals surface area (Å²) < 4.78 is 5.93. The lowest BCUT2D eigenvalue weighted by atomic mass is 10.0. The third-order valence-electron chi connectivity index (χ3n) is 5.29. The molecule has 0 fully saturated rings. The molecule has 0 saturated heterocycles. The number of aromatic hydroxyl groups is 1. The monoisotopic (exact) mass is 485 g/mol. The second-order valence-corrected chi connectivity index (χ2v) is 8.10. The Morgan fingerprint density at radius 3 is 2.69 bits per heavy atom. The van der Waals surface area contributed by atoms with Crippen molar-refractivity contribution in [3.05, 3.63) is 94.0 Å². The van der Waals surface area contributed by atoms with Gasteiger partial charge in [-0.3, -0.25) is 4.79 Å². The van der Waals surface area contributed by atoms with E-state index in [1.54, 1.807) is 49.5 Å². The van der Waals surface area contributed by atoms with Crippen LogP contribution in [0.5, 0.6) is 17.4 Å². The van der Waals surface area contributed by atoms with Crippen molar-refractivity contribution in [2.75, 3.05) is 0 Å². The van der Waals surface area contributed by atoms with E-state index < -0.39 is 0 Å². The van der Waals surface area contributed by atoms with Gasteiger partial charge >= 0.3 is 0 Å². The molecule has 9 heteroatoms. The number of ether oxygens (including phenoxy) is 1. The van der Waals surface area contributed by atoms with Gasteiger partial charge in [0.05, 0.1) is 10.7 Å². The smallest absolute Gasteiger partial charge is 0.251 e. The van der Waals surface area contributed by atoms with Crippen molar-refractivity contribution in [1.29, 1.82) is 5.26 Å². The fraction of sp³-hybridized carbons (Fsp3) is 0.115. The number of nitriles is 1. The normalized spacial score (nSPS) is 10.5. The molecule has 4 rings (SSSR count). The van der Waals surface area contributed by atoms with Crippen LogP contribution in [0, 0.1) is 25.2 Å². The minimum atomic E-state index is -0.374. The zero-order chi connectivity index (χ0) is 24.9. The van der Waals surface area contributed by atoms with Gasteiger partial charge in [0.25, 0.3) is 5.91 Å². The van der Waals surface area contributed by atoms with Crippen molar-refractivity contribution < 1.29 is 14.6 Å². The number of nitrogens with one attached hydrogen (secondary N) is 1. The number of carbonyl (C=O) groups excluding carboxylic acids is 1. The molecule has 0 saturated carbocycles. The number of hydrogen-bond donors (Lipinski definition) is 2. The first-order chi connectivity index (χ1) is 16.9. The summed E-state index contributed by atoms with van der Waals surface area (Å²) >= 11 is 6.40. The SMILES string of the molecule is Cc1cc(C)c(CNC(=O)c2ccc(Oc3cccc(-c4ccncn4)c3C#N)c(Cl)c2)c(O)n1. The van der Waals surface area contributed by atoms with E-state index in [4.69, 9.17) is 16.3 Å². The van der Waals surface area contributed by atoms with E-state index in [1.807, 2.05) is 13.0 Å². The highest BCUT2D eigenvalue weighted by Gasteiger charge is 2.16. The molecule has 8 nitrogen and oxygen atoms in total. The van der Waals surface area contributed by atoms with Crippen LogP contribution in [-0.2, 0) is 6.54 Å². The molecule has 0 aliphatic heterocycles. The maximum atomic E-state index is 12.7. The number of hydrogen-bond acceptors (Lipinski definition) is 7. The average Bonchev–Trinajstić information content (AvgIpc) is 2.84. The summed E-state index contributed by atoms with van der Waals surface area (Å²) in [5.74, 6) is 0.111. The van der Waals surface area contributed by atoms with E-state index in [9.17, 15) is 15.2 Å². The van der Waals surface area contributed by atoms with Crippen LogP contribution < -0.4 is 10.1 Å². The van der Waals surface area contributed by atoms with E-state index in [2.05, 4.69) is 26.3 Å². The van der Waals surface area contributed by atoms with Gasteiger partial charge in [-0.15, -0.1) is 0 Å². The Kier molecular flexibility index (Phi) is 6.90. The van der Waals surface area contributed by atoms with Crippen LogP contribution in [0.15, 0.2) is 61.1 Å². The van der Waals surface area contributed by atoms with Gasteiger partial charge in [-0.25, -0.2) is 15.0 Å². The van der Waals surface area contributed by atoms with Crippen LogP contribution in [0.1, 0.15) is 32.7 Å². The largest absolute Gasteiger partial charge is 0.493 e. The topological polar surface area (TPSA) is 121 Å². The van der Waals surface area contributed by atoms with Crippen molar-refractivity contribution in [3.63, 3.8) is 0 Å². The lowest BCUT2D eigenvalue weighted by molar-refractivity contribution is 0.0950. The Morgan fingerprint density at radius 2 is 2.00 bits per heavy atom. The molecule has 35 heavy (non-hydrogen) atoms. The molecule has 174 valence electrons. The fourth-order valence-corrected chi connectivity index (χ4v) is 3.79. The minimum Gasteiger partial charge on any atom is -0.493 e. The molecule has 0 aliphatic rings. The molecule has 0 spiro atoms. The van der Waals surface area contributed by atoms with Gasteiger partial charge in [-0.05, 0) is 55.8 Å². The Morgan fingerprint density at radius 1 is 1.17 bits per heavy atom. The van der Waals surface area contributed by atoms with Crippen molar-refractivity contribution in [2.24, 2.45) is 0 Å². The van der Waals surface area contributed by atoms with Gasteiger partial charge in [-0.2, -0.15) is 5.26 Å². The molecule has 4 aromatic rings. The molecule has 0 radical (unpaired) electrons. The first-order valence-corrected chi connectivity index (χ1v) is 11.0. The third kappa shape index (κ3) is 5.21. The third-order valence-corrected chi connectivity index (χ3v) is 5.58. The first-order valence-electron chi connectivity index (χ1n) is 10.6. The van der Waals surface area contributed by atoms with Gasteiger partial charge in [0.2, 0.25) is 5.88 Å². The highest BCUT2D eigenvalue weighted by atomic mass is 35.5. The standard InChI is InChI=1S/C26H20ClN5O3/c1-15-10-16(2)32-26(34)20(15)13-30-25(33)17-6-7-24(21(27)11-17)35-23-5-3-4-18(19(23)12-28)22-8-9-29-14-31-22/h3-11,14H,13H2,1-2H3,(H,30,33)(H,32,34). The predicted octanol–water partition coefficient (Wildman–Crippen LogP) is 5.11. The molecule has 2 aromatic heterocycles. The number of rotatable bonds is 6. The van der Waals surface area contributed by atoms with E-state index in [1.165, 1.54) is 12.4 Å². The lowest BCUT2D eigenvalue weighted by Crippen LogP contribution is -2.23. The lowest BCUT2D eigenvalue weighted by Gasteiger charge is -2.13. The molecule has 0 unspecified atom stereocenters. The summed E-state index contributed by atoms with van der Waals surface area (Å²) in [4.78, 5) is 24.8. The average molecular weight is 486 g/mol. The maximum absolute atomic E-state index is 12.7. The number of pyridine rings is 1. The number of benzene rings is 2. The molecule has 0 aliphatic carbocycles. The Balaban J connectivity index is 1.53. The van der Waals surface area contributed by atoms with Crippen LogP contribution in [-0.4, -0.2) is 26.0 Å². The highest BCUT2D eigenvalue weighted by Crippen LogP contribution is 2.35. The fourth-order valence-electron chi connectivity index (χ4n) is 3.57. The Hall–Kier alpha value is -4.48. The summed E-state index contributed by atoms with van der Waals surface area (Å²) in [6.07, 6.45) is 3.00. The summed E-state index contributed by atoms with van der Waals surface area (Å²) in [5.41, 5.74) is 3.87. The molecular formula is C26H20ClN5O3. The van der Waals surface area contributed by atoms with Crippen LogP contribution in [0.3, 0.4) is 0 Å². The van der Waals surface area contributed by atoms with Gasteiger partial charge < -0.3 is 15.2 Å². The van der Waals surface area contributed by atoms with Gasteiger partial charge in [0.15, 0.2) is 0 Å². The zero-order valence-electron chi connectivity index (χ0n) is 18.9. The molecule has 2 heterocycles. The number of halogens is 1. The van der Waals surface area contributed by atoms with E-state index in [-0.39, 0.29) is 29.1 Å². The molecular weight excluding hydrogens is 466 g/mol. The van der Waals surface area contributed by atoms with E-state index in [0.717, 1.165) is 5.56 Å². The Labute approximate surface area is 206 Å². The Bertz CT molecular complexity index is 1430. The van der Waals surface area contributed by atoms with Crippen LogP contribution >= 0.6 is 11.6 Å². The number of aryl methyl sites for hydroxylation is 2. The number of carbonyl (C=O) groups is 1. The first kappa shape index (κ1) is 23.7. The van der Waals surface area contributed by atoms with Crippen LogP contribution in [0.4, 0.5) is 0 Å². The van der Waals surface area contributed by atoms with Gasteiger partial charge in [0.1, 0.15) is 29.5 Å². The van der Waals surface area contributed by atoms with Crippen molar-refractivity contribution in [1.82, 2.24) is 20.3 Å². The van der Waals surface area contributed by atoms with Crippen molar-refractivity contribution >= 4 is 17.5 Å². The molecule has 1 amide bonds. The van der Waals surface area contributed by atoms with E-state index >= 15 is 0 Å². The maximum Gasteiger partial charge on any atom is 0.251 e. The van der Waals surface area contributed by atoms with E-state index in [0.29, 0.717) is 39.4 Å². The molecule has 0 atom stereocenters. The quantitative estimate of drug-likeness (QED) is 0.389. The molecule has 0 bridgehead atoms. The van der Waals surface area contributed by atoms with Gasteiger partial charge in [-0.1, -0.05) is 23.7 Å². The summed E-state index contributed by atoms with van der Waals surface area (Å²) in [7, 11) is 0. The number of nitrogens with zero attached hydrogens (tertiary/aromatic N) is 4. The van der Waals surface area contributed by atoms with Gasteiger partial charge in [0, 0.05) is 35.1 Å². The molecule has 2 N–H and O–H groups in total. The van der Waals surface area contributed by atoms with Crippen molar-refractivity contribution in [3.8, 4) is 34.7 Å². The van der Waals surface area contributed by atoms with Crippen LogP contribution in [0.25, 0.3) is 11.3 Å². The summed E-state index contributed by atoms with van der Waals surface area (Å²) in [6, 6.07) is 15.5. The minimum absolute atomic E-state index is 0.109. The van der Waals surface area contributed by atoms with Crippen molar-refractivity contribution in [2.45, 2.75) is 20.4 Å². The summed E-state index contributed by atoms with van der Waals surface area (Å²) in [5, 5.41) is 22.8. The summed E-state index contributed by atoms with van der Waals surface area (Å²) in [6.45, 7) is 3.74. The zero-order valence-corrected chi connectivity index (χ0v) is 19.7. The van der Waals surface area contributed by atoms with Crippen LogP contribution in [0.2, 0.25) is 5.02 Å². The second kappa shape index (κ2) is 10.2.